The Morgan fingerprint density at radius 1 is 1.00 bits per heavy atom. The summed E-state index contributed by atoms with van der Waals surface area (Å²) in [6.07, 6.45) is 0.0350. The molecule has 0 atom stereocenters. The molecule has 2 rings (SSSR count). The maximum atomic E-state index is 12.3. The highest BCUT2D eigenvalue weighted by Crippen LogP contribution is 2.24. The molecule has 2 N–H and O–H groups in total. The number of hydrazone groups is 1. The third kappa shape index (κ3) is 6.53. The maximum absolute atomic E-state index is 12.3. The molecule has 2 aromatic carbocycles. The summed E-state index contributed by atoms with van der Waals surface area (Å²) in [5.74, 6) is 0.981. The monoisotopic (exact) mass is 399 g/mol. The zero-order valence-electron chi connectivity index (χ0n) is 16.9. The number of carbonyl (C=O) groups is 2. The SMILES string of the molecule is CCOc1ccc(NC(=O)C/C(C)=N/NC(=O)c2ccc(OC)cc2OC)cc1. The van der Waals surface area contributed by atoms with Crippen LogP contribution in [0.4, 0.5) is 5.69 Å². The summed E-state index contributed by atoms with van der Waals surface area (Å²) >= 11 is 0. The van der Waals surface area contributed by atoms with Gasteiger partial charge in [0, 0.05) is 17.5 Å². The number of anilines is 1. The Hall–Kier alpha value is -3.55. The van der Waals surface area contributed by atoms with Crippen molar-refractivity contribution in [2.24, 2.45) is 5.10 Å². The van der Waals surface area contributed by atoms with E-state index in [2.05, 4.69) is 15.8 Å². The van der Waals surface area contributed by atoms with Crippen LogP contribution in [0.1, 0.15) is 30.6 Å². The maximum Gasteiger partial charge on any atom is 0.275 e. The molecule has 2 amide bonds. The van der Waals surface area contributed by atoms with Crippen molar-refractivity contribution in [1.29, 1.82) is 0 Å². The first kappa shape index (κ1) is 21.7. The van der Waals surface area contributed by atoms with E-state index >= 15 is 0 Å². The molecule has 8 heteroatoms. The van der Waals surface area contributed by atoms with Crippen LogP contribution in [0, 0.1) is 0 Å². The van der Waals surface area contributed by atoms with Crippen molar-refractivity contribution < 1.29 is 23.8 Å². The van der Waals surface area contributed by atoms with Gasteiger partial charge in [-0.25, -0.2) is 5.43 Å². The van der Waals surface area contributed by atoms with Crippen LogP contribution in [-0.4, -0.2) is 38.4 Å². The summed E-state index contributed by atoms with van der Waals surface area (Å²) in [7, 11) is 2.99. The standard InChI is InChI=1S/C21H25N3O5/c1-5-29-16-8-6-15(7-9-16)22-20(25)12-14(2)23-24-21(26)18-11-10-17(27-3)13-19(18)28-4/h6-11,13H,5,12H2,1-4H3,(H,22,25)(H,24,26)/b23-14+. The molecule has 0 saturated heterocycles. The average Bonchev–Trinajstić information content (AvgIpc) is 2.73. The van der Waals surface area contributed by atoms with E-state index in [1.807, 2.05) is 6.92 Å². The lowest BCUT2D eigenvalue weighted by Crippen LogP contribution is -2.22. The quantitative estimate of drug-likeness (QED) is 0.498. The second kappa shape index (κ2) is 10.7. The number of ether oxygens (including phenoxy) is 3. The molecule has 0 aliphatic rings. The van der Waals surface area contributed by atoms with Gasteiger partial charge in [-0.05, 0) is 50.2 Å². The van der Waals surface area contributed by atoms with Crippen LogP contribution >= 0.6 is 0 Å². The average molecular weight is 399 g/mol. The number of hydrogen-bond donors (Lipinski definition) is 2. The van der Waals surface area contributed by atoms with Crippen LogP contribution in [0.15, 0.2) is 47.6 Å². The second-order valence-electron chi connectivity index (χ2n) is 6.04. The highest BCUT2D eigenvalue weighted by molar-refractivity contribution is 6.06. The predicted octanol–water partition coefficient (Wildman–Crippen LogP) is 3.24. The van der Waals surface area contributed by atoms with Crippen LogP contribution in [0.5, 0.6) is 17.2 Å². The highest BCUT2D eigenvalue weighted by Gasteiger charge is 2.13. The van der Waals surface area contributed by atoms with Gasteiger partial charge in [0.1, 0.15) is 17.2 Å². The van der Waals surface area contributed by atoms with E-state index in [1.54, 1.807) is 49.4 Å². The van der Waals surface area contributed by atoms with Gasteiger partial charge in [0.2, 0.25) is 5.91 Å². The Labute approximate surface area is 169 Å². The van der Waals surface area contributed by atoms with Crippen molar-refractivity contribution >= 4 is 23.2 Å². The van der Waals surface area contributed by atoms with E-state index in [4.69, 9.17) is 14.2 Å². The van der Waals surface area contributed by atoms with Gasteiger partial charge in [-0.1, -0.05) is 0 Å². The number of benzene rings is 2. The van der Waals surface area contributed by atoms with E-state index in [-0.39, 0.29) is 12.3 Å². The molecule has 0 aliphatic heterocycles. The van der Waals surface area contributed by atoms with Crippen LogP contribution in [0.3, 0.4) is 0 Å². The van der Waals surface area contributed by atoms with Gasteiger partial charge >= 0.3 is 0 Å². The van der Waals surface area contributed by atoms with Crippen LogP contribution in [0.25, 0.3) is 0 Å². The van der Waals surface area contributed by atoms with Gasteiger partial charge in [0.15, 0.2) is 0 Å². The van der Waals surface area contributed by atoms with Crippen molar-refractivity contribution in [3.8, 4) is 17.2 Å². The zero-order chi connectivity index (χ0) is 21.2. The Kier molecular flexibility index (Phi) is 8.02. The van der Waals surface area contributed by atoms with Crippen LogP contribution in [-0.2, 0) is 4.79 Å². The van der Waals surface area contributed by atoms with Crippen molar-refractivity contribution in [3.05, 3.63) is 48.0 Å². The number of rotatable bonds is 9. The lowest BCUT2D eigenvalue weighted by Gasteiger charge is -2.09. The van der Waals surface area contributed by atoms with Gasteiger partial charge in [0.25, 0.3) is 5.91 Å². The van der Waals surface area contributed by atoms with Gasteiger partial charge < -0.3 is 19.5 Å². The molecule has 0 bridgehead atoms. The van der Waals surface area contributed by atoms with Gasteiger partial charge in [-0.2, -0.15) is 5.10 Å². The molecule has 2 aromatic rings. The van der Waals surface area contributed by atoms with Crippen molar-refractivity contribution in [3.63, 3.8) is 0 Å². The minimum Gasteiger partial charge on any atom is -0.497 e. The predicted molar refractivity (Wildman–Crippen MR) is 111 cm³/mol. The molecular formula is C21H25N3O5. The molecule has 0 saturated carbocycles. The molecule has 0 spiro atoms. The smallest absolute Gasteiger partial charge is 0.275 e. The summed E-state index contributed by atoms with van der Waals surface area (Å²) in [6, 6.07) is 11.9. The number of amides is 2. The fourth-order valence-corrected chi connectivity index (χ4v) is 2.47. The largest absolute Gasteiger partial charge is 0.497 e. The van der Waals surface area contributed by atoms with Crippen LogP contribution in [0.2, 0.25) is 0 Å². The number of hydrogen-bond acceptors (Lipinski definition) is 6. The summed E-state index contributed by atoms with van der Waals surface area (Å²) in [5, 5.41) is 6.76. The number of methoxy groups -OCH3 is 2. The zero-order valence-corrected chi connectivity index (χ0v) is 16.9. The Bertz CT molecular complexity index is 878. The van der Waals surface area contributed by atoms with E-state index in [1.165, 1.54) is 14.2 Å². The van der Waals surface area contributed by atoms with Gasteiger partial charge in [-0.15, -0.1) is 0 Å². The fraction of sp³-hybridized carbons (Fsp3) is 0.286. The second-order valence-corrected chi connectivity index (χ2v) is 6.04. The fourth-order valence-electron chi connectivity index (χ4n) is 2.47. The molecule has 0 aliphatic carbocycles. The minimum atomic E-state index is -0.448. The highest BCUT2D eigenvalue weighted by atomic mass is 16.5. The third-order valence-corrected chi connectivity index (χ3v) is 3.87. The van der Waals surface area contributed by atoms with E-state index in [9.17, 15) is 9.59 Å². The Morgan fingerprint density at radius 3 is 2.31 bits per heavy atom. The van der Waals surface area contributed by atoms with Crippen LogP contribution < -0.4 is 25.0 Å². The number of carbonyl (C=O) groups excluding carboxylic acids is 2. The molecule has 0 radical (unpaired) electrons. The Balaban J connectivity index is 1.92. The minimum absolute atomic E-state index is 0.0350. The van der Waals surface area contributed by atoms with Crippen molar-refractivity contribution in [1.82, 2.24) is 5.43 Å². The van der Waals surface area contributed by atoms with Gasteiger partial charge in [-0.3, -0.25) is 9.59 Å². The Morgan fingerprint density at radius 2 is 1.69 bits per heavy atom. The van der Waals surface area contributed by atoms with Crippen molar-refractivity contribution in [2.75, 3.05) is 26.1 Å². The molecule has 29 heavy (non-hydrogen) atoms. The molecular weight excluding hydrogens is 374 g/mol. The number of nitrogens with zero attached hydrogens (tertiary/aromatic N) is 1. The van der Waals surface area contributed by atoms with Crippen molar-refractivity contribution in [2.45, 2.75) is 20.3 Å². The normalized spacial score (nSPS) is 10.8. The first-order valence-electron chi connectivity index (χ1n) is 9.05. The molecule has 0 fully saturated rings. The first-order chi connectivity index (χ1) is 14.0. The van der Waals surface area contributed by atoms with Gasteiger partial charge in [0.05, 0.1) is 32.8 Å². The molecule has 0 aromatic heterocycles. The summed E-state index contributed by atoms with van der Waals surface area (Å²) in [5.41, 5.74) is 3.85. The lowest BCUT2D eigenvalue weighted by atomic mass is 10.2. The molecule has 0 unspecified atom stereocenters. The molecule has 8 nitrogen and oxygen atoms in total. The molecule has 0 heterocycles. The summed E-state index contributed by atoms with van der Waals surface area (Å²) < 4.78 is 15.7. The topological polar surface area (TPSA) is 98.2 Å². The summed E-state index contributed by atoms with van der Waals surface area (Å²) in [4.78, 5) is 24.5. The van der Waals surface area contributed by atoms with E-state index in [0.717, 1.165) is 5.75 Å². The summed E-state index contributed by atoms with van der Waals surface area (Å²) in [6.45, 7) is 4.14. The first-order valence-corrected chi connectivity index (χ1v) is 9.05. The van der Waals surface area contributed by atoms with E-state index in [0.29, 0.717) is 35.1 Å². The number of nitrogens with one attached hydrogen (secondary N) is 2. The third-order valence-electron chi connectivity index (χ3n) is 3.87. The lowest BCUT2D eigenvalue weighted by molar-refractivity contribution is -0.115. The van der Waals surface area contributed by atoms with E-state index < -0.39 is 5.91 Å². The molecule has 154 valence electrons.